The Kier molecular flexibility index (Phi) is 2.08. The number of hydrogen-bond acceptors (Lipinski definition) is 3. The first-order valence-electron chi connectivity index (χ1n) is 5.42. The van der Waals surface area contributed by atoms with Crippen molar-refractivity contribution in [2.24, 2.45) is 0 Å². The Morgan fingerprint density at radius 1 is 1.12 bits per heavy atom. The average Bonchev–Trinajstić information content (AvgIpc) is 2.68. The number of aromatic nitrogens is 3. The van der Waals surface area contributed by atoms with Gasteiger partial charge >= 0.3 is 0 Å². The molecule has 0 saturated carbocycles. The highest BCUT2D eigenvalue weighted by Gasteiger charge is 2.06. The highest BCUT2D eigenvalue weighted by molar-refractivity contribution is 5.64. The van der Waals surface area contributed by atoms with Gasteiger partial charge in [-0.1, -0.05) is 29.8 Å². The van der Waals surface area contributed by atoms with Gasteiger partial charge in [-0.05, 0) is 25.1 Å². The van der Waals surface area contributed by atoms with Crippen molar-refractivity contribution in [3.8, 4) is 11.3 Å². The number of aryl methyl sites for hydroxylation is 1. The van der Waals surface area contributed by atoms with E-state index < -0.39 is 0 Å². The summed E-state index contributed by atoms with van der Waals surface area (Å²) < 4.78 is 1.77. The number of nitrogen functional groups attached to an aromatic ring is 1. The van der Waals surface area contributed by atoms with E-state index in [0.29, 0.717) is 5.95 Å². The second kappa shape index (κ2) is 3.59. The number of fused-ring (bicyclic) bond motifs is 1. The van der Waals surface area contributed by atoms with Crippen LogP contribution in [-0.4, -0.2) is 14.6 Å². The van der Waals surface area contributed by atoms with Gasteiger partial charge in [-0.15, -0.1) is 5.10 Å². The fraction of sp³-hybridized carbons (Fsp3) is 0.0769. The predicted molar refractivity (Wildman–Crippen MR) is 67.6 cm³/mol. The first-order chi connectivity index (χ1) is 8.24. The summed E-state index contributed by atoms with van der Waals surface area (Å²) in [7, 11) is 0. The molecule has 2 aromatic heterocycles. The Labute approximate surface area is 98.7 Å². The molecular formula is C13H12N4. The van der Waals surface area contributed by atoms with E-state index in [1.165, 1.54) is 5.56 Å². The minimum absolute atomic E-state index is 0.296. The number of nitrogens with two attached hydrogens (primary N) is 1. The maximum absolute atomic E-state index is 5.62. The van der Waals surface area contributed by atoms with Crippen LogP contribution >= 0.6 is 0 Å². The summed E-state index contributed by atoms with van der Waals surface area (Å²) in [5, 5.41) is 4.20. The third-order valence-electron chi connectivity index (χ3n) is 2.69. The molecular weight excluding hydrogens is 212 g/mol. The van der Waals surface area contributed by atoms with E-state index in [-0.39, 0.29) is 0 Å². The van der Waals surface area contributed by atoms with Gasteiger partial charge in [0.05, 0.1) is 5.69 Å². The molecule has 0 radical (unpaired) electrons. The molecule has 0 atom stereocenters. The highest BCUT2D eigenvalue weighted by atomic mass is 15.3. The van der Waals surface area contributed by atoms with E-state index in [0.717, 1.165) is 16.9 Å². The lowest BCUT2D eigenvalue weighted by molar-refractivity contribution is 0.976. The molecule has 0 unspecified atom stereocenters. The summed E-state index contributed by atoms with van der Waals surface area (Å²) in [6, 6.07) is 14.1. The highest BCUT2D eigenvalue weighted by Crippen LogP contribution is 2.21. The van der Waals surface area contributed by atoms with Crippen molar-refractivity contribution in [2.45, 2.75) is 6.92 Å². The fourth-order valence-electron chi connectivity index (χ4n) is 1.94. The zero-order valence-electron chi connectivity index (χ0n) is 9.46. The van der Waals surface area contributed by atoms with E-state index in [1.807, 2.05) is 24.3 Å². The standard InChI is InChI=1S/C13H12N4/c1-9-4-2-5-10(8-9)11-6-3-7-12-15-13(14)16-17(11)12/h2-8H,1H3,(H2,14,16). The van der Waals surface area contributed by atoms with Gasteiger partial charge < -0.3 is 5.73 Å². The number of rotatable bonds is 1. The zero-order valence-corrected chi connectivity index (χ0v) is 9.46. The number of anilines is 1. The molecule has 84 valence electrons. The lowest BCUT2D eigenvalue weighted by Gasteiger charge is -2.04. The molecule has 0 aliphatic carbocycles. The molecule has 0 bridgehead atoms. The van der Waals surface area contributed by atoms with Gasteiger partial charge in [0.2, 0.25) is 5.95 Å². The van der Waals surface area contributed by atoms with Gasteiger partial charge in [0, 0.05) is 5.56 Å². The van der Waals surface area contributed by atoms with Gasteiger partial charge in [0.1, 0.15) is 0 Å². The smallest absolute Gasteiger partial charge is 0.240 e. The third kappa shape index (κ3) is 1.63. The molecule has 0 fully saturated rings. The van der Waals surface area contributed by atoms with Gasteiger partial charge in [-0.2, -0.15) is 4.98 Å². The predicted octanol–water partition coefficient (Wildman–Crippen LogP) is 2.29. The van der Waals surface area contributed by atoms with Crippen molar-refractivity contribution in [1.29, 1.82) is 0 Å². The summed E-state index contributed by atoms with van der Waals surface area (Å²) in [5.41, 5.74) is 9.71. The van der Waals surface area contributed by atoms with E-state index in [4.69, 9.17) is 5.73 Å². The molecule has 4 heteroatoms. The number of hydrogen-bond donors (Lipinski definition) is 1. The number of pyridine rings is 1. The summed E-state index contributed by atoms with van der Waals surface area (Å²) in [4.78, 5) is 4.15. The van der Waals surface area contributed by atoms with Gasteiger partial charge in [-0.3, -0.25) is 0 Å². The van der Waals surface area contributed by atoms with Crippen LogP contribution in [0.15, 0.2) is 42.5 Å². The summed E-state index contributed by atoms with van der Waals surface area (Å²) in [5.74, 6) is 0.296. The van der Waals surface area contributed by atoms with Crippen LogP contribution in [-0.2, 0) is 0 Å². The van der Waals surface area contributed by atoms with Crippen molar-refractivity contribution in [2.75, 3.05) is 5.73 Å². The van der Waals surface area contributed by atoms with E-state index in [9.17, 15) is 0 Å². The molecule has 0 amide bonds. The largest absolute Gasteiger partial charge is 0.366 e. The third-order valence-corrected chi connectivity index (χ3v) is 2.69. The molecule has 0 aliphatic rings. The van der Waals surface area contributed by atoms with Crippen LogP contribution in [0, 0.1) is 6.92 Å². The van der Waals surface area contributed by atoms with Crippen LogP contribution in [0.4, 0.5) is 5.95 Å². The van der Waals surface area contributed by atoms with Crippen molar-refractivity contribution in [1.82, 2.24) is 14.6 Å². The topological polar surface area (TPSA) is 56.2 Å². The molecule has 0 saturated heterocycles. The summed E-state index contributed by atoms with van der Waals surface area (Å²) in [6.07, 6.45) is 0. The average molecular weight is 224 g/mol. The lowest BCUT2D eigenvalue weighted by Crippen LogP contribution is -1.94. The molecule has 4 nitrogen and oxygen atoms in total. The molecule has 3 aromatic rings. The Morgan fingerprint density at radius 3 is 2.76 bits per heavy atom. The van der Waals surface area contributed by atoms with Crippen LogP contribution < -0.4 is 5.73 Å². The number of nitrogens with zero attached hydrogens (tertiary/aromatic N) is 3. The lowest BCUT2D eigenvalue weighted by atomic mass is 10.1. The first-order valence-corrected chi connectivity index (χ1v) is 5.42. The minimum Gasteiger partial charge on any atom is -0.366 e. The molecule has 2 N–H and O–H groups in total. The quantitative estimate of drug-likeness (QED) is 0.690. The van der Waals surface area contributed by atoms with Gasteiger partial charge in [-0.25, -0.2) is 4.52 Å². The van der Waals surface area contributed by atoms with Crippen LogP contribution in [0.1, 0.15) is 5.56 Å². The summed E-state index contributed by atoms with van der Waals surface area (Å²) in [6.45, 7) is 2.07. The maximum atomic E-state index is 5.62. The van der Waals surface area contributed by atoms with Crippen molar-refractivity contribution in [3.63, 3.8) is 0 Å². The Hall–Kier alpha value is -2.36. The van der Waals surface area contributed by atoms with Gasteiger partial charge in [0.25, 0.3) is 0 Å². The Morgan fingerprint density at radius 2 is 1.94 bits per heavy atom. The number of benzene rings is 1. The Balaban J connectivity index is 2.30. The zero-order chi connectivity index (χ0) is 11.8. The minimum atomic E-state index is 0.296. The maximum Gasteiger partial charge on any atom is 0.240 e. The van der Waals surface area contributed by atoms with Gasteiger partial charge in [0.15, 0.2) is 5.65 Å². The van der Waals surface area contributed by atoms with Crippen LogP contribution in [0.25, 0.3) is 16.9 Å². The van der Waals surface area contributed by atoms with Crippen molar-refractivity contribution < 1.29 is 0 Å². The van der Waals surface area contributed by atoms with Crippen LogP contribution in [0.5, 0.6) is 0 Å². The molecule has 1 aromatic carbocycles. The molecule has 2 heterocycles. The molecule has 0 spiro atoms. The SMILES string of the molecule is Cc1cccc(-c2cccc3nc(N)nn23)c1. The second-order valence-electron chi connectivity index (χ2n) is 4.02. The van der Waals surface area contributed by atoms with E-state index in [2.05, 4.69) is 35.2 Å². The molecule has 0 aliphatic heterocycles. The summed E-state index contributed by atoms with van der Waals surface area (Å²) >= 11 is 0. The fourth-order valence-corrected chi connectivity index (χ4v) is 1.94. The first kappa shape index (κ1) is 9.84. The Bertz CT molecular complexity index is 685. The normalized spacial score (nSPS) is 10.9. The molecule has 3 rings (SSSR count). The second-order valence-corrected chi connectivity index (χ2v) is 4.02. The monoisotopic (exact) mass is 224 g/mol. The molecule has 17 heavy (non-hydrogen) atoms. The van der Waals surface area contributed by atoms with E-state index in [1.54, 1.807) is 4.52 Å². The van der Waals surface area contributed by atoms with Crippen LogP contribution in [0.3, 0.4) is 0 Å². The van der Waals surface area contributed by atoms with Crippen molar-refractivity contribution >= 4 is 11.6 Å². The van der Waals surface area contributed by atoms with Crippen LogP contribution in [0.2, 0.25) is 0 Å². The van der Waals surface area contributed by atoms with Crippen molar-refractivity contribution in [3.05, 3.63) is 48.0 Å². The van der Waals surface area contributed by atoms with E-state index >= 15 is 0 Å².